The Bertz CT molecular complexity index is 433. The molecule has 2 rings (SSSR count). The van der Waals surface area contributed by atoms with Crippen LogP contribution in [0.2, 0.25) is 0 Å². The van der Waals surface area contributed by atoms with Gasteiger partial charge in [0.15, 0.2) is 0 Å². The van der Waals surface area contributed by atoms with Crippen molar-refractivity contribution in [3.05, 3.63) is 30.3 Å². The van der Waals surface area contributed by atoms with E-state index >= 15 is 0 Å². The molecule has 1 aliphatic carbocycles. The lowest BCUT2D eigenvalue weighted by molar-refractivity contribution is -0.142. The lowest BCUT2D eigenvalue weighted by Crippen LogP contribution is -2.42. The number of carbonyl (C=O) groups excluding carboxylic acids is 1. The number of rotatable bonds is 3. The number of aliphatic carboxylic acids is 1. The summed E-state index contributed by atoms with van der Waals surface area (Å²) >= 11 is 0. The number of amides is 2. The first-order valence-electron chi connectivity index (χ1n) is 6.02. The van der Waals surface area contributed by atoms with Crippen LogP contribution in [0.1, 0.15) is 19.3 Å². The Morgan fingerprint density at radius 1 is 1.17 bits per heavy atom. The minimum Gasteiger partial charge on any atom is -0.481 e. The van der Waals surface area contributed by atoms with E-state index in [0.29, 0.717) is 12.1 Å². The van der Waals surface area contributed by atoms with Crippen molar-refractivity contribution in [2.45, 2.75) is 25.3 Å². The van der Waals surface area contributed by atoms with Crippen LogP contribution in [0, 0.1) is 5.92 Å². The van der Waals surface area contributed by atoms with Crippen LogP contribution in [0.15, 0.2) is 30.3 Å². The van der Waals surface area contributed by atoms with Crippen molar-refractivity contribution in [3.8, 4) is 0 Å². The van der Waals surface area contributed by atoms with Crippen molar-refractivity contribution in [2.24, 2.45) is 5.92 Å². The molecule has 1 aromatic rings. The van der Waals surface area contributed by atoms with Gasteiger partial charge in [-0.2, -0.15) is 0 Å². The first kappa shape index (κ1) is 12.4. The number of urea groups is 1. The van der Waals surface area contributed by atoms with Gasteiger partial charge in [-0.15, -0.1) is 0 Å². The lowest BCUT2D eigenvalue weighted by Gasteiger charge is -2.17. The van der Waals surface area contributed by atoms with Gasteiger partial charge in [0.05, 0.1) is 5.92 Å². The second-order valence-electron chi connectivity index (χ2n) is 4.45. The molecule has 0 unspecified atom stereocenters. The Kier molecular flexibility index (Phi) is 3.82. The molecule has 5 heteroatoms. The van der Waals surface area contributed by atoms with Crippen LogP contribution in [0.5, 0.6) is 0 Å². The normalized spacial score (nSPS) is 22.4. The standard InChI is InChI=1S/C13H16N2O3/c16-12(17)10-7-4-8-11(10)15-13(18)14-9-5-2-1-3-6-9/h1-3,5-6,10-11H,4,7-8H2,(H,16,17)(H2,14,15,18)/t10-,11-/m1/s1. The fourth-order valence-electron chi connectivity index (χ4n) is 2.29. The summed E-state index contributed by atoms with van der Waals surface area (Å²) in [6.45, 7) is 0. The Morgan fingerprint density at radius 3 is 2.56 bits per heavy atom. The summed E-state index contributed by atoms with van der Waals surface area (Å²) < 4.78 is 0. The van der Waals surface area contributed by atoms with Gasteiger partial charge in [-0.1, -0.05) is 24.6 Å². The molecule has 1 aliphatic rings. The quantitative estimate of drug-likeness (QED) is 0.766. The van der Waals surface area contributed by atoms with Gasteiger partial charge in [-0.25, -0.2) is 4.79 Å². The minimum absolute atomic E-state index is 0.272. The van der Waals surface area contributed by atoms with Crippen LogP contribution in [0.25, 0.3) is 0 Å². The van der Waals surface area contributed by atoms with Gasteiger partial charge < -0.3 is 15.7 Å². The number of benzene rings is 1. The zero-order valence-electron chi connectivity index (χ0n) is 9.93. The summed E-state index contributed by atoms with van der Waals surface area (Å²) in [5.74, 6) is -1.30. The molecule has 0 heterocycles. The molecule has 0 radical (unpaired) electrons. The van der Waals surface area contributed by atoms with Crippen LogP contribution in [0.4, 0.5) is 10.5 Å². The van der Waals surface area contributed by atoms with Crippen LogP contribution in [0.3, 0.4) is 0 Å². The summed E-state index contributed by atoms with van der Waals surface area (Å²) in [5.41, 5.74) is 0.694. The van der Waals surface area contributed by atoms with E-state index in [4.69, 9.17) is 5.11 Å². The number of hydrogen-bond acceptors (Lipinski definition) is 2. The molecule has 1 aromatic carbocycles. The number of nitrogens with one attached hydrogen (secondary N) is 2. The Hall–Kier alpha value is -2.04. The number of para-hydroxylation sites is 1. The number of carboxylic acids is 1. The summed E-state index contributed by atoms with van der Waals surface area (Å²) in [6, 6.07) is 8.45. The van der Waals surface area contributed by atoms with E-state index in [9.17, 15) is 9.59 Å². The highest BCUT2D eigenvalue weighted by atomic mass is 16.4. The second kappa shape index (κ2) is 5.53. The van der Waals surface area contributed by atoms with Gasteiger partial charge >= 0.3 is 12.0 Å². The van der Waals surface area contributed by atoms with E-state index < -0.39 is 11.9 Å². The maximum absolute atomic E-state index is 11.7. The number of carboxylic acid groups (broad SMARTS) is 1. The lowest BCUT2D eigenvalue weighted by atomic mass is 10.0. The molecule has 2 atom stereocenters. The molecule has 0 saturated heterocycles. The Labute approximate surface area is 105 Å². The van der Waals surface area contributed by atoms with E-state index in [1.54, 1.807) is 12.1 Å². The average molecular weight is 248 g/mol. The zero-order chi connectivity index (χ0) is 13.0. The van der Waals surface area contributed by atoms with Gasteiger partial charge in [-0.3, -0.25) is 4.79 Å². The highest BCUT2D eigenvalue weighted by Crippen LogP contribution is 2.25. The maximum atomic E-state index is 11.7. The fourth-order valence-corrected chi connectivity index (χ4v) is 2.29. The van der Waals surface area contributed by atoms with Gasteiger partial charge in [-0.05, 0) is 25.0 Å². The van der Waals surface area contributed by atoms with Crippen LogP contribution >= 0.6 is 0 Å². The number of hydrogen-bond donors (Lipinski definition) is 3. The molecule has 0 spiro atoms. The summed E-state index contributed by atoms with van der Waals surface area (Å²) in [6.07, 6.45) is 2.19. The van der Waals surface area contributed by atoms with E-state index in [1.165, 1.54) is 0 Å². The first-order chi connectivity index (χ1) is 8.66. The molecule has 3 N–H and O–H groups in total. The summed E-state index contributed by atoms with van der Waals surface area (Å²) in [4.78, 5) is 22.7. The molecule has 1 saturated carbocycles. The van der Waals surface area contributed by atoms with Crippen LogP contribution in [-0.4, -0.2) is 23.1 Å². The smallest absolute Gasteiger partial charge is 0.319 e. The van der Waals surface area contributed by atoms with Crippen LogP contribution < -0.4 is 10.6 Å². The Balaban J connectivity index is 1.90. The number of anilines is 1. The zero-order valence-corrected chi connectivity index (χ0v) is 9.93. The predicted molar refractivity (Wildman–Crippen MR) is 67.4 cm³/mol. The van der Waals surface area contributed by atoms with E-state index in [-0.39, 0.29) is 12.1 Å². The summed E-state index contributed by atoms with van der Waals surface area (Å²) in [5, 5.41) is 14.4. The fraction of sp³-hybridized carbons (Fsp3) is 0.385. The molecular formula is C13H16N2O3. The molecule has 0 aromatic heterocycles. The second-order valence-corrected chi connectivity index (χ2v) is 4.45. The molecule has 5 nitrogen and oxygen atoms in total. The molecule has 2 amide bonds. The van der Waals surface area contributed by atoms with Crippen molar-refractivity contribution < 1.29 is 14.7 Å². The highest BCUT2D eigenvalue weighted by Gasteiger charge is 2.33. The van der Waals surface area contributed by atoms with Crippen molar-refractivity contribution >= 4 is 17.7 Å². The third kappa shape index (κ3) is 3.00. The van der Waals surface area contributed by atoms with Gasteiger partial charge in [0, 0.05) is 11.7 Å². The van der Waals surface area contributed by atoms with Gasteiger partial charge in [0.25, 0.3) is 0 Å². The highest BCUT2D eigenvalue weighted by molar-refractivity contribution is 5.89. The van der Waals surface area contributed by atoms with Crippen LogP contribution in [-0.2, 0) is 4.79 Å². The van der Waals surface area contributed by atoms with E-state index in [1.807, 2.05) is 18.2 Å². The largest absolute Gasteiger partial charge is 0.481 e. The van der Waals surface area contributed by atoms with Crippen molar-refractivity contribution in [2.75, 3.05) is 5.32 Å². The van der Waals surface area contributed by atoms with Crippen molar-refractivity contribution in [1.29, 1.82) is 0 Å². The number of carbonyl (C=O) groups is 2. The predicted octanol–water partition coefficient (Wildman–Crippen LogP) is 2.06. The monoisotopic (exact) mass is 248 g/mol. The topological polar surface area (TPSA) is 78.4 Å². The first-order valence-corrected chi connectivity index (χ1v) is 6.02. The summed E-state index contributed by atoms with van der Waals surface area (Å²) in [7, 11) is 0. The van der Waals surface area contributed by atoms with Crippen molar-refractivity contribution in [3.63, 3.8) is 0 Å². The molecule has 1 fully saturated rings. The molecule has 0 bridgehead atoms. The Morgan fingerprint density at radius 2 is 1.89 bits per heavy atom. The third-order valence-corrected chi connectivity index (χ3v) is 3.18. The SMILES string of the molecule is O=C(Nc1ccccc1)N[C@@H]1CCC[C@H]1C(=O)O. The molecule has 96 valence electrons. The minimum atomic E-state index is -0.836. The van der Waals surface area contributed by atoms with Gasteiger partial charge in [0.1, 0.15) is 0 Å². The van der Waals surface area contributed by atoms with E-state index in [0.717, 1.165) is 12.8 Å². The van der Waals surface area contributed by atoms with Gasteiger partial charge in [0.2, 0.25) is 0 Å². The average Bonchev–Trinajstić information content (AvgIpc) is 2.78. The van der Waals surface area contributed by atoms with E-state index in [2.05, 4.69) is 10.6 Å². The maximum Gasteiger partial charge on any atom is 0.319 e. The molecule has 18 heavy (non-hydrogen) atoms. The molecular weight excluding hydrogens is 232 g/mol. The molecule has 0 aliphatic heterocycles. The third-order valence-electron chi connectivity index (χ3n) is 3.18. The van der Waals surface area contributed by atoms with Crippen molar-refractivity contribution in [1.82, 2.24) is 5.32 Å².